The number of hydrogen-bond acceptors (Lipinski definition) is 4. The number of nitrogens with zero attached hydrogens (tertiary/aromatic N) is 1. The van der Waals surface area contributed by atoms with Gasteiger partial charge in [-0.1, -0.05) is 53.0 Å². The van der Waals surface area contributed by atoms with E-state index in [2.05, 4.69) is 10.6 Å². The molecule has 2 aromatic carbocycles. The molecule has 0 saturated heterocycles. The summed E-state index contributed by atoms with van der Waals surface area (Å²) in [5.74, 6) is -1.25. The summed E-state index contributed by atoms with van der Waals surface area (Å²) in [6.07, 6.45) is -0.770. The van der Waals surface area contributed by atoms with Crippen LogP contribution in [0.15, 0.2) is 48.5 Å². The van der Waals surface area contributed by atoms with Crippen LogP contribution >= 0.6 is 34.8 Å². The molecule has 29 heavy (non-hydrogen) atoms. The Kier molecular flexibility index (Phi) is 6.21. The molecule has 1 aliphatic rings. The third kappa shape index (κ3) is 5.12. The highest BCUT2D eigenvalue weighted by molar-refractivity contribution is 6.76. The van der Waals surface area contributed by atoms with Gasteiger partial charge in [0.05, 0.1) is 5.69 Å². The second kappa shape index (κ2) is 8.49. The molecular weight excluding hydrogens is 441 g/mol. The van der Waals surface area contributed by atoms with Crippen molar-refractivity contribution in [1.29, 1.82) is 0 Å². The first kappa shape index (κ1) is 21.2. The molecule has 7 nitrogen and oxygen atoms in total. The zero-order valence-corrected chi connectivity index (χ0v) is 17.4. The zero-order chi connectivity index (χ0) is 21.2. The van der Waals surface area contributed by atoms with E-state index in [0.717, 1.165) is 0 Å². The molecule has 0 saturated carbocycles. The fourth-order valence-corrected chi connectivity index (χ4v) is 2.86. The Bertz CT molecular complexity index is 947. The van der Waals surface area contributed by atoms with Crippen LogP contribution in [0.25, 0.3) is 0 Å². The Morgan fingerprint density at radius 1 is 1.07 bits per heavy atom. The summed E-state index contributed by atoms with van der Waals surface area (Å²) in [6, 6.07) is 13.4. The highest BCUT2D eigenvalue weighted by Crippen LogP contribution is 2.37. The molecule has 1 heterocycles. The predicted octanol–water partition coefficient (Wildman–Crippen LogP) is 3.75. The number of hydrogen-bond donors (Lipinski definition) is 2. The molecule has 10 heteroatoms. The first-order chi connectivity index (χ1) is 13.6. The fraction of sp³-hybridized carbons (Fsp3) is 0.211. The minimum absolute atomic E-state index is 0.240. The Morgan fingerprint density at radius 3 is 2.41 bits per heavy atom. The number of carbonyl (C=O) groups excluding carboxylic acids is 3. The van der Waals surface area contributed by atoms with E-state index in [4.69, 9.17) is 39.5 Å². The topological polar surface area (TPSA) is 87.7 Å². The summed E-state index contributed by atoms with van der Waals surface area (Å²) in [7, 11) is 0. The quantitative estimate of drug-likeness (QED) is 0.686. The van der Waals surface area contributed by atoms with Crippen LogP contribution in [0, 0.1) is 0 Å². The van der Waals surface area contributed by atoms with Gasteiger partial charge in [-0.25, -0.2) is 0 Å². The van der Waals surface area contributed by atoms with Crippen molar-refractivity contribution in [3.05, 3.63) is 48.5 Å². The molecule has 1 unspecified atom stereocenters. The normalized spacial score (nSPS) is 15.9. The first-order valence-electron chi connectivity index (χ1n) is 8.50. The summed E-state index contributed by atoms with van der Waals surface area (Å²) < 4.78 is 3.44. The molecule has 3 amide bonds. The highest BCUT2D eigenvalue weighted by Gasteiger charge is 2.34. The van der Waals surface area contributed by atoms with Crippen LogP contribution in [0.4, 0.5) is 17.1 Å². The molecule has 2 N–H and O–H groups in total. The Morgan fingerprint density at radius 2 is 1.76 bits per heavy atom. The molecule has 0 aromatic heterocycles. The van der Waals surface area contributed by atoms with Gasteiger partial charge in [-0.05, 0) is 37.3 Å². The van der Waals surface area contributed by atoms with E-state index in [1.54, 1.807) is 37.3 Å². The van der Waals surface area contributed by atoms with Crippen LogP contribution in [-0.2, 0) is 14.4 Å². The number of benzene rings is 2. The zero-order valence-electron chi connectivity index (χ0n) is 15.1. The van der Waals surface area contributed by atoms with Crippen molar-refractivity contribution in [2.75, 3.05) is 22.1 Å². The summed E-state index contributed by atoms with van der Waals surface area (Å²) in [4.78, 5) is 38.3. The number of amides is 3. The van der Waals surface area contributed by atoms with Gasteiger partial charge < -0.3 is 15.4 Å². The molecule has 1 atom stereocenters. The van der Waals surface area contributed by atoms with Gasteiger partial charge in [-0.15, -0.1) is 0 Å². The van der Waals surface area contributed by atoms with Crippen molar-refractivity contribution < 1.29 is 19.1 Å². The number of nitrogens with one attached hydrogen (secondary N) is 2. The van der Waals surface area contributed by atoms with Crippen LogP contribution in [0.3, 0.4) is 0 Å². The maximum atomic E-state index is 12.6. The van der Waals surface area contributed by atoms with Crippen molar-refractivity contribution >= 4 is 69.6 Å². The van der Waals surface area contributed by atoms with Crippen LogP contribution in [0.2, 0.25) is 0 Å². The highest BCUT2D eigenvalue weighted by atomic mass is 35.6. The third-order valence-electron chi connectivity index (χ3n) is 4.04. The van der Waals surface area contributed by atoms with E-state index in [9.17, 15) is 14.4 Å². The van der Waals surface area contributed by atoms with E-state index in [-0.39, 0.29) is 18.1 Å². The molecule has 0 radical (unpaired) electrons. The van der Waals surface area contributed by atoms with E-state index in [0.29, 0.717) is 17.1 Å². The number of para-hydroxylation sites is 1. The largest absolute Gasteiger partial charge is 0.479 e. The molecule has 3 rings (SSSR count). The van der Waals surface area contributed by atoms with Gasteiger partial charge in [0.2, 0.25) is 5.91 Å². The molecule has 152 valence electrons. The van der Waals surface area contributed by atoms with Crippen molar-refractivity contribution in [2.45, 2.75) is 16.8 Å². The van der Waals surface area contributed by atoms with Crippen LogP contribution in [0.5, 0.6) is 5.75 Å². The number of carbonyl (C=O) groups is 3. The van der Waals surface area contributed by atoms with E-state index in [1.807, 2.05) is 6.07 Å². The minimum Gasteiger partial charge on any atom is -0.479 e. The SMILES string of the molecule is CC1Oc2ccc(NC(=O)C(Cl)(Cl)Cl)cc2N(CC(=O)Nc2ccccc2)C1=O. The lowest BCUT2D eigenvalue weighted by Gasteiger charge is -2.33. The Balaban J connectivity index is 1.84. The lowest BCUT2D eigenvalue weighted by molar-refractivity contribution is -0.127. The Labute approximate surface area is 181 Å². The van der Waals surface area contributed by atoms with Gasteiger partial charge in [0.15, 0.2) is 6.10 Å². The van der Waals surface area contributed by atoms with Gasteiger partial charge in [0.25, 0.3) is 15.6 Å². The molecular formula is C19H16Cl3N3O4. The second-order valence-electron chi connectivity index (χ2n) is 6.23. The van der Waals surface area contributed by atoms with Gasteiger partial charge in [0, 0.05) is 11.4 Å². The molecule has 0 fully saturated rings. The van der Waals surface area contributed by atoms with Gasteiger partial charge >= 0.3 is 0 Å². The molecule has 1 aliphatic heterocycles. The average molecular weight is 457 g/mol. The maximum Gasteiger partial charge on any atom is 0.276 e. The van der Waals surface area contributed by atoms with Gasteiger partial charge in [-0.3, -0.25) is 19.3 Å². The fourth-order valence-electron chi connectivity index (χ4n) is 2.72. The summed E-state index contributed by atoms with van der Waals surface area (Å²) in [6.45, 7) is 1.35. The monoisotopic (exact) mass is 455 g/mol. The number of halogens is 3. The standard InChI is InChI=1S/C19H16Cl3N3O4/c1-11-17(27)25(10-16(26)23-12-5-3-2-4-6-12)14-9-13(7-8-15(14)29-11)24-18(28)19(20,21)22/h2-9,11H,10H2,1H3,(H,23,26)(H,24,28). The van der Waals surface area contributed by atoms with Crippen molar-refractivity contribution in [2.24, 2.45) is 0 Å². The van der Waals surface area contributed by atoms with E-state index >= 15 is 0 Å². The Hall–Kier alpha value is -2.48. The minimum atomic E-state index is -2.15. The molecule has 0 aliphatic carbocycles. The summed E-state index contributed by atoms with van der Waals surface area (Å²) in [5, 5.41) is 5.17. The lowest BCUT2D eigenvalue weighted by atomic mass is 10.1. The van der Waals surface area contributed by atoms with Crippen molar-refractivity contribution in [1.82, 2.24) is 0 Å². The number of alkyl halides is 3. The molecule has 2 aromatic rings. The lowest BCUT2D eigenvalue weighted by Crippen LogP contribution is -2.47. The first-order valence-corrected chi connectivity index (χ1v) is 9.63. The summed E-state index contributed by atoms with van der Waals surface area (Å²) in [5.41, 5.74) is 1.20. The van der Waals surface area contributed by atoms with Gasteiger partial charge in [0.1, 0.15) is 12.3 Å². The van der Waals surface area contributed by atoms with Crippen molar-refractivity contribution in [3.63, 3.8) is 0 Å². The third-order valence-corrected chi connectivity index (χ3v) is 4.56. The average Bonchev–Trinajstić information content (AvgIpc) is 2.66. The van der Waals surface area contributed by atoms with E-state index in [1.165, 1.54) is 17.0 Å². The van der Waals surface area contributed by atoms with Gasteiger partial charge in [-0.2, -0.15) is 0 Å². The number of ether oxygens (including phenoxy) is 1. The second-order valence-corrected chi connectivity index (χ2v) is 8.51. The summed E-state index contributed by atoms with van der Waals surface area (Å²) >= 11 is 16.7. The predicted molar refractivity (Wildman–Crippen MR) is 113 cm³/mol. The van der Waals surface area contributed by atoms with Crippen LogP contribution < -0.4 is 20.3 Å². The van der Waals surface area contributed by atoms with Crippen molar-refractivity contribution in [3.8, 4) is 5.75 Å². The molecule has 0 bridgehead atoms. The van der Waals surface area contributed by atoms with Crippen LogP contribution in [0.1, 0.15) is 6.92 Å². The van der Waals surface area contributed by atoms with Crippen LogP contribution in [-0.4, -0.2) is 34.2 Å². The molecule has 0 spiro atoms. The number of anilines is 3. The van der Waals surface area contributed by atoms with E-state index < -0.39 is 21.7 Å². The maximum absolute atomic E-state index is 12.6. The smallest absolute Gasteiger partial charge is 0.276 e. The number of rotatable bonds is 4. The number of fused-ring (bicyclic) bond motifs is 1.